The number of aliphatic hydroxyl groups is 2. The van der Waals surface area contributed by atoms with Crippen LogP contribution in [0.3, 0.4) is 0 Å². The summed E-state index contributed by atoms with van der Waals surface area (Å²) in [5.41, 5.74) is 3.31. The molecular weight excluding hydrogens is 214 g/mol. The van der Waals surface area contributed by atoms with Crippen LogP contribution in [0.25, 0.3) is 0 Å². The van der Waals surface area contributed by atoms with Gasteiger partial charge in [0, 0.05) is 19.6 Å². The van der Waals surface area contributed by atoms with Crippen LogP contribution in [0.4, 0.5) is 0 Å². The Morgan fingerprint density at radius 2 is 2.18 bits per heavy atom. The van der Waals surface area contributed by atoms with E-state index >= 15 is 0 Å². The van der Waals surface area contributed by atoms with Crippen LogP contribution >= 0.6 is 0 Å². The van der Waals surface area contributed by atoms with Gasteiger partial charge in [-0.2, -0.15) is 0 Å². The molecule has 1 heterocycles. The second-order valence-electron chi connectivity index (χ2n) is 5.08. The normalized spacial score (nSPS) is 22.9. The van der Waals surface area contributed by atoms with E-state index in [0.29, 0.717) is 13.1 Å². The molecule has 0 unspecified atom stereocenters. The van der Waals surface area contributed by atoms with Crippen LogP contribution in [0.15, 0.2) is 18.2 Å². The third kappa shape index (κ3) is 3.06. The molecule has 1 fully saturated rings. The van der Waals surface area contributed by atoms with E-state index in [1.54, 1.807) is 0 Å². The van der Waals surface area contributed by atoms with Crippen LogP contribution in [0.2, 0.25) is 0 Å². The highest BCUT2D eigenvalue weighted by atomic mass is 16.3. The fourth-order valence-corrected chi connectivity index (χ4v) is 2.44. The summed E-state index contributed by atoms with van der Waals surface area (Å²) in [5.74, 6) is 0. The van der Waals surface area contributed by atoms with Crippen LogP contribution in [-0.4, -0.2) is 40.9 Å². The van der Waals surface area contributed by atoms with E-state index in [1.807, 2.05) is 26.0 Å². The van der Waals surface area contributed by atoms with Crippen molar-refractivity contribution in [3.05, 3.63) is 34.9 Å². The standard InChI is InChI=1S/C14H21NO2/c1-10-3-4-11(2)13(7-10)14(17)9-15-6-5-12(16)8-15/h3-4,7,12,14,16-17H,5-6,8-9H2,1-2H3/t12-,14+/m1/s1. The van der Waals surface area contributed by atoms with E-state index in [2.05, 4.69) is 11.0 Å². The highest BCUT2D eigenvalue weighted by Gasteiger charge is 2.23. The number of aliphatic hydroxyl groups excluding tert-OH is 2. The van der Waals surface area contributed by atoms with Gasteiger partial charge in [0.25, 0.3) is 0 Å². The summed E-state index contributed by atoms with van der Waals surface area (Å²) in [4.78, 5) is 2.12. The Morgan fingerprint density at radius 3 is 2.82 bits per heavy atom. The van der Waals surface area contributed by atoms with Crippen molar-refractivity contribution in [2.75, 3.05) is 19.6 Å². The van der Waals surface area contributed by atoms with Gasteiger partial charge in [-0.05, 0) is 31.4 Å². The summed E-state index contributed by atoms with van der Waals surface area (Å²) >= 11 is 0. The van der Waals surface area contributed by atoms with Gasteiger partial charge < -0.3 is 10.2 Å². The second kappa shape index (κ2) is 5.17. The van der Waals surface area contributed by atoms with Crippen LogP contribution in [0.1, 0.15) is 29.2 Å². The number of hydrogen-bond acceptors (Lipinski definition) is 3. The summed E-state index contributed by atoms with van der Waals surface area (Å²) in [6, 6.07) is 6.16. The molecule has 0 amide bonds. The quantitative estimate of drug-likeness (QED) is 0.832. The lowest BCUT2D eigenvalue weighted by Gasteiger charge is -2.21. The summed E-state index contributed by atoms with van der Waals surface area (Å²) in [5, 5.41) is 19.7. The van der Waals surface area contributed by atoms with Crippen molar-refractivity contribution in [1.82, 2.24) is 4.90 Å². The predicted molar refractivity (Wildman–Crippen MR) is 67.9 cm³/mol. The maximum atomic E-state index is 10.2. The average molecular weight is 235 g/mol. The Balaban J connectivity index is 2.04. The van der Waals surface area contributed by atoms with Gasteiger partial charge >= 0.3 is 0 Å². The van der Waals surface area contributed by atoms with Crippen molar-refractivity contribution >= 4 is 0 Å². The van der Waals surface area contributed by atoms with Crippen LogP contribution < -0.4 is 0 Å². The van der Waals surface area contributed by atoms with E-state index < -0.39 is 6.10 Å². The molecule has 0 spiro atoms. The first-order chi connectivity index (χ1) is 8.06. The lowest BCUT2D eigenvalue weighted by atomic mass is 10.0. The lowest BCUT2D eigenvalue weighted by molar-refractivity contribution is 0.113. The van der Waals surface area contributed by atoms with Crippen LogP contribution in [0, 0.1) is 13.8 Å². The molecule has 1 aliphatic heterocycles. The fourth-order valence-electron chi connectivity index (χ4n) is 2.44. The van der Waals surface area contributed by atoms with Gasteiger partial charge in [-0.25, -0.2) is 0 Å². The van der Waals surface area contributed by atoms with E-state index in [9.17, 15) is 10.2 Å². The number of benzene rings is 1. The molecule has 94 valence electrons. The molecule has 2 N–H and O–H groups in total. The Morgan fingerprint density at radius 1 is 1.41 bits per heavy atom. The summed E-state index contributed by atoms with van der Waals surface area (Å²) in [6.07, 6.45) is 0.139. The lowest BCUT2D eigenvalue weighted by Crippen LogP contribution is -2.27. The zero-order valence-electron chi connectivity index (χ0n) is 10.6. The van der Waals surface area contributed by atoms with Crippen LogP contribution in [-0.2, 0) is 0 Å². The molecule has 1 aromatic carbocycles. The minimum Gasteiger partial charge on any atom is -0.392 e. The molecule has 1 saturated heterocycles. The Bertz CT molecular complexity index is 392. The van der Waals surface area contributed by atoms with E-state index in [4.69, 9.17) is 0 Å². The highest BCUT2D eigenvalue weighted by molar-refractivity contribution is 5.32. The first-order valence-corrected chi connectivity index (χ1v) is 6.22. The van der Waals surface area contributed by atoms with E-state index in [0.717, 1.165) is 24.1 Å². The maximum absolute atomic E-state index is 10.2. The zero-order chi connectivity index (χ0) is 12.4. The number of nitrogens with zero attached hydrogens (tertiary/aromatic N) is 1. The van der Waals surface area contributed by atoms with Gasteiger partial charge in [-0.1, -0.05) is 23.8 Å². The van der Waals surface area contributed by atoms with Gasteiger partial charge in [0.1, 0.15) is 0 Å². The predicted octanol–water partition coefficient (Wildman–Crippen LogP) is 1.40. The molecule has 0 radical (unpaired) electrons. The molecule has 2 atom stereocenters. The van der Waals surface area contributed by atoms with Gasteiger partial charge in [-0.15, -0.1) is 0 Å². The molecule has 0 saturated carbocycles. The van der Waals surface area contributed by atoms with Gasteiger partial charge in [-0.3, -0.25) is 4.90 Å². The van der Waals surface area contributed by atoms with Gasteiger partial charge in [0.05, 0.1) is 12.2 Å². The van der Waals surface area contributed by atoms with E-state index in [1.165, 1.54) is 5.56 Å². The molecule has 1 aliphatic rings. The Hall–Kier alpha value is -0.900. The Kier molecular flexibility index (Phi) is 3.82. The number of aryl methyl sites for hydroxylation is 2. The smallest absolute Gasteiger partial charge is 0.0919 e. The van der Waals surface area contributed by atoms with Crippen molar-refractivity contribution < 1.29 is 10.2 Å². The van der Waals surface area contributed by atoms with Gasteiger partial charge in [0.15, 0.2) is 0 Å². The minimum absolute atomic E-state index is 0.221. The number of β-amino-alcohol motifs (C(OH)–C–C–N with tert-alkyl or cyclic N) is 2. The summed E-state index contributed by atoms with van der Waals surface area (Å²) in [7, 11) is 0. The molecule has 0 aromatic heterocycles. The first-order valence-electron chi connectivity index (χ1n) is 6.22. The van der Waals surface area contributed by atoms with Crippen molar-refractivity contribution in [3.63, 3.8) is 0 Å². The largest absolute Gasteiger partial charge is 0.392 e. The number of likely N-dealkylation sites (tertiary alicyclic amines) is 1. The second-order valence-corrected chi connectivity index (χ2v) is 5.08. The third-order valence-corrected chi connectivity index (χ3v) is 3.47. The number of hydrogen-bond donors (Lipinski definition) is 2. The molecule has 1 aromatic rings. The molecule has 0 aliphatic carbocycles. The van der Waals surface area contributed by atoms with Crippen molar-refractivity contribution in [2.45, 2.75) is 32.5 Å². The summed E-state index contributed by atoms with van der Waals surface area (Å²) in [6.45, 7) is 6.23. The molecule has 3 heteroatoms. The highest BCUT2D eigenvalue weighted by Crippen LogP contribution is 2.21. The topological polar surface area (TPSA) is 43.7 Å². The maximum Gasteiger partial charge on any atom is 0.0919 e. The Labute approximate surface area is 103 Å². The molecular formula is C14H21NO2. The fraction of sp³-hybridized carbons (Fsp3) is 0.571. The van der Waals surface area contributed by atoms with Crippen LogP contribution in [0.5, 0.6) is 0 Å². The molecule has 0 bridgehead atoms. The van der Waals surface area contributed by atoms with Crippen molar-refractivity contribution in [1.29, 1.82) is 0 Å². The first kappa shape index (κ1) is 12.6. The third-order valence-electron chi connectivity index (χ3n) is 3.47. The average Bonchev–Trinajstić information content (AvgIpc) is 2.67. The van der Waals surface area contributed by atoms with Crippen molar-refractivity contribution in [3.8, 4) is 0 Å². The molecule has 2 rings (SSSR count). The SMILES string of the molecule is Cc1ccc(C)c([C@@H](O)CN2CC[C@@H](O)C2)c1. The van der Waals surface area contributed by atoms with Crippen molar-refractivity contribution in [2.24, 2.45) is 0 Å². The number of rotatable bonds is 3. The minimum atomic E-state index is -0.458. The van der Waals surface area contributed by atoms with Gasteiger partial charge in [0.2, 0.25) is 0 Å². The summed E-state index contributed by atoms with van der Waals surface area (Å²) < 4.78 is 0. The molecule has 3 nitrogen and oxygen atoms in total. The molecule has 17 heavy (non-hydrogen) atoms. The van der Waals surface area contributed by atoms with E-state index in [-0.39, 0.29) is 6.10 Å². The monoisotopic (exact) mass is 235 g/mol. The zero-order valence-corrected chi connectivity index (χ0v) is 10.6.